The highest BCUT2D eigenvalue weighted by Gasteiger charge is 2.15. The standard InChI is InChI=1S/C17H21BrN2/c1-2-19-8-10-20(11-9-19)13-14-6-7-16-15(12-14)4-3-5-17(16)18/h3-7,12H,2,8-11,13H2,1H3. The van der Waals surface area contributed by atoms with Crippen LogP contribution in [0, 0.1) is 0 Å². The van der Waals surface area contributed by atoms with Gasteiger partial charge in [-0.25, -0.2) is 0 Å². The SMILES string of the molecule is CCN1CCN(Cc2ccc3c(Br)cccc3c2)CC1. The van der Waals surface area contributed by atoms with Gasteiger partial charge in [-0.15, -0.1) is 0 Å². The van der Waals surface area contributed by atoms with Crippen LogP contribution in [-0.2, 0) is 6.54 Å². The Labute approximate surface area is 129 Å². The van der Waals surface area contributed by atoms with Gasteiger partial charge in [0.2, 0.25) is 0 Å². The molecule has 0 saturated carbocycles. The van der Waals surface area contributed by atoms with Crippen LogP contribution in [0.3, 0.4) is 0 Å². The molecule has 0 unspecified atom stereocenters. The summed E-state index contributed by atoms with van der Waals surface area (Å²) >= 11 is 3.62. The van der Waals surface area contributed by atoms with Crippen molar-refractivity contribution in [3.63, 3.8) is 0 Å². The summed E-state index contributed by atoms with van der Waals surface area (Å²) < 4.78 is 1.18. The van der Waals surface area contributed by atoms with Crippen molar-refractivity contribution >= 4 is 26.7 Å². The number of nitrogens with zero attached hydrogens (tertiary/aromatic N) is 2. The molecule has 1 heterocycles. The summed E-state index contributed by atoms with van der Waals surface area (Å²) in [6.07, 6.45) is 0. The van der Waals surface area contributed by atoms with Gasteiger partial charge in [0.05, 0.1) is 0 Å². The average molecular weight is 333 g/mol. The molecule has 0 spiro atoms. The molecule has 2 nitrogen and oxygen atoms in total. The highest BCUT2D eigenvalue weighted by atomic mass is 79.9. The minimum absolute atomic E-state index is 1.07. The topological polar surface area (TPSA) is 6.48 Å². The molecule has 2 aromatic rings. The molecule has 0 N–H and O–H groups in total. The highest BCUT2D eigenvalue weighted by molar-refractivity contribution is 9.10. The molecule has 0 radical (unpaired) electrons. The zero-order valence-electron chi connectivity index (χ0n) is 12.0. The van der Waals surface area contributed by atoms with Crippen molar-refractivity contribution in [3.05, 3.63) is 46.4 Å². The third-order valence-electron chi connectivity index (χ3n) is 4.21. The maximum absolute atomic E-state index is 3.62. The van der Waals surface area contributed by atoms with Gasteiger partial charge in [0.15, 0.2) is 0 Å². The maximum Gasteiger partial charge on any atom is 0.0253 e. The monoisotopic (exact) mass is 332 g/mol. The Morgan fingerprint density at radius 1 is 1.00 bits per heavy atom. The first-order valence-corrected chi connectivity index (χ1v) is 8.17. The van der Waals surface area contributed by atoms with Gasteiger partial charge in [0, 0.05) is 37.2 Å². The molecule has 0 atom stereocenters. The van der Waals surface area contributed by atoms with E-state index in [1.54, 1.807) is 0 Å². The van der Waals surface area contributed by atoms with E-state index in [4.69, 9.17) is 0 Å². The van der Waals surface area contributed by atoms with Crippen LogP contribution in [0.25, 0.3) is 10.8 Å². The molecule has 0 amide bonds. The fraction of sp³-hybridized carbons (Fsp3) is 0.412. The van der Waals surface area contributed by atoms with E-state index in [0.717, 1.165) is 6.54 Å². The highest BCUT2D eigenvalue weighted by Crippen LogP contribution is 2.25. The second-order valence-corrected chi connectivity index (χ2v) is 6.36. The van der Waals surface area contributed by atoms with E-state index in [1.165, 1.54) is 53.5 Å². The van der Waals surface area contributed by atoms with Crippen molar-refractivity contribution in [3.8, 4) is 0 Å². The Balaban J connectivity index is 1.72. The van der Waals surface area contributed by atoms with Crippen LogP contribution in [-0.4, -0.2) is 42.5 Å². The number of benzene rings is 2. The van der Waals surface area contributed by atoms with Crippen molar-refractivity contribution in [2.24, 2.45) is 0 Å². The van der Waals surface area contributed by atoms with Crippen molar-refractivity contribution in [1.82, 2.24) is 9.80 Å². The van der Waals surface area contributed by atoms with Gasteiger partial charge in [-0.2, -0.15) is 0 Å². The molecule has 1 aliphatic heterocycles. The lowest BCUT2D eigenvalue weighted by molar-refractivity contribution is 0.132. The molecule has 0 aliphatic carbocycles. The van der Waals surface area contributed by atoms with Crippen molar-refractivity contribution in [2.75, 3.05) is 32.7 Å². The van der Waals surface area contributed by atoms with Crippen molar-refractivity contribution in [2.45, 2.75) is 13.5 Å². The number of hydrogen-bond donors (Lipinski definition) is 0. The zero-order valence-corrected chi connectivity index (χ0v) is 13.6. The van der Waals surface area contributed by atoms with Crippen LogP contribution < -0.4 is 0 Å². The van der Waals surface area contributed by atoms with Gasteiger partial charge in [-0.05, 0) is 35.0 Å². The van der Waals surface area contributed by atoms with E-state index in [2.05, 4.69) is 69.1 Å². The van der Waals surface area contributed by atoms with E-state index in [0.29, 0.717) is 0 Å². The van der Waals surface area contributed by atoms with E-state index < -0.39 is 0 Å². The quantitative estimate of drug-likeness (QED) is 0.844. The average Bonchev–Trinajstić information content (AvgIpc) is 2.48. The van der Waals surface area contributed by atoms with Gasteiger partial charge >= 0.3 is 0 Å². The van der Waals surface area contributed by atoms with Crippen LogP contribution in [0.1, 0.15) is 12.5 Å². The fourth-order valence-electron chi connectivity index (χ4n) is 2.91. The molecule has 0 bridgehead atoms. The summed E-state index contributed by atoms with van der Waals surface area (Å²) in [7, 11) is 0. The molecule has 1 fully saturated rings. The van der Waals surface area contributed by atoms with Gasteiger partial charge in [0.25, 0.3) is 0 Å². The lowest BCUT2D eigenvalue weighted by Crippen LogP contribution is -2.45. The lowest BCUT2D eigenvalue weighted by atomic mass is 10.1. The number of likely N-dealkylation sites (N-methyl/N-ethyl adjacent to an activating group) is 1. The molecule has 2 aromatic carbocycles. The predicted molar refractivity (Wildman–Crippen MR) is 89.0 cm³/mol. The van der Waals surface area contributed by atoms with Crippen LogP contribution >= 0.6 is 15.9 Å². The van der Waals surface area contributed by atoms with Gasteiger partial charge < -0.3 is 4.90 Å². The van der Waals surface area contributed by atoms with Crippen LogP contribution in [0.4, 0.5) is 0 Å². The first kappa shape index (κ1) is 14.1. The molecule has 0 aromatic heterocycles. The second-order valence-electron chi connectivity index (χ2n) is 5.51. The first-order valence-electron chi connectivity index (χ1n) is 7.38. The van der Waals surface area contributed by atoms with Gasteiger partial charge in [-0.1, -0.05) is 47.1 Å². The minimum atomic E-state index is 1.07. The largest absolute Gasteiger partial charge is 0.301 e. The predicted octanol–water partition coefficient (Wildman–Crippen LogP) is 3.74. The second kappa shape index (κ2) is 6.25. The minimum Gasteiger partial charge on any atom is -0.301 e. The van der Waals surface area contributed by atoms with Crippen molar-refractivity contribution < 1.29 is 0 Å². The molecule has 1 saturated heterocycles. The molecule has 20 heavy (non-hydrogen) atoms. The zero-order chi connectivity index (χ0) is 13.9. The van der Waals surface area contributed by atoms with Crippen LogP contribution in [0.5, 0.6) is 0 Å². The smallest absolute Gasteiger partial charge is 0.0253 e. The van der Waals surface area contributed by atoms with Crippen LogP contribution in [0.15, 0.2) is 40.9 Å². The molecule has 106 valence electrons. The number of rotatable bonds is 3. The van der Waals surface area contributed by atoms with Crippen LogP contribution in [0.2, 0.25) is 0 Å². The normalized spacial score (nSPS) is 17.7. The summed E-state index contributed by atoms with van der Waals surface area (Å²) in [6, 6.07) is 13.2. The molecule has 3 heteroatoms. The molecular formula is C17H21BrN2. The van der Waals surface area contributed by atoms with Gasteiger partial charge in [0.1, 0.15) is 0 Å². The summed E-state index contributed by atoms with van der Waals surface area (Å²) in [5, 5.41) is 2.62. The van der Waals surface area contributed by atoms with E-state index in [9.17, 15) is 0 Å². The third kappa shape index (κ3) is 3.05. The Bertz CT molecular complexity index is 589. The fourth-order valence-corrected chi connectivity index (χ4v) is 3.43. The Hall–Kier alpha value is -0.900. The number of hydrogen-bond acceptors (Lipinski definition) is 2. The van der Waals surface area contributed by atoms with E-state index in [1.807, 2.05) is 0 Å². The number of piperazine rings is 1. The van der Waals surface area contributed by atoms with Crippen molar-refractivity contribution in [1.29, 1.82) is 0 Å². The summed E-state index contributed by atoms with van der Waals surface area (Å²) in [5.74, 6) is 0. The van der Waals surface area contributed by atoms with Gasteiger partial charge in [-0.3, -0.25) is 4.90 Å². The summed E-state index contributed by atoms with van der Waals surface area (Å²) in [4.78, 5) is 5.08. The summed E-state index contributed by atoms with van der Waals surface area (Å²) in [5.41, 5.74) is 1.42. The Kier molecular flexibility index (Phi) is 4.39. The lowest BCUT2D eigenvalue weighted by Gasteiger charge is -2.34. The molecular weight excluding hydrogens is 312 g/mol. The molecule has 1 aliphatic rings. The Morgan fingerprint density at radius 3 is 2.50 bits per heavy atom. The third-order valence-corrected chi connectivity index (χ3v) is 4.90. The van der Waals surface area contributed by atoms with E-state index >= 15 is 0 Å². The maximum atomic E-state index is 3.62. The molecule has 3 rings (SSSR count). The number of fused-ring (bicyclic) bond motifs is 1. The number of halogens is 1. The Morgan fingerprint density at radius 2 is 1.75 bits per heavy atom. The van der Waals surface area contributed by atoms with E-state index in [-0.39, 0.29) is 0 Å². The summed E-state index contributed by atoms with van der Waals surface area (Å²) in [6.45, 7) is 9.27. The first-order chi connectivity index (χ1) is 9.76.